The van der Waals surface area contributed by atoms with Crippen molar-refractivity contribution in [2.45, 2.75) is 44.9 Å². The summed E-state index contributed by atoms with van der Waals surface area (Å²) in [5.74, 6) is 0. The predicted molar refractivity (Wildman–Crippen MR) is 68.2 cm³/mol. The first kappa shape index (κ1) is 13.9. The van der Waals surface area contributed by atoms with Crippen molar-refractivity contribution in [3.05, 3.63) is 29.8 Å². The summed E-state index contributed by atoms with van der Waals surface area (Å²) in [4.78, 5) is 1.10. The van der Waals surface area contributed by atoms with E-state index in [2.05, 4.69) is 45.0 Å². The van der Waals surface area contributed by atoms with Gasteiger partial charge in [-0.25, -0.2) is 0 Å². The summed E-state index contributed by atoms with van der Waals surface area (Å²) in [6, 6.07) is 8.37. The Hall–Kier alpha value is -0.140. The van der Waals surface area contributed by atoms with Crippen molar-refractivity contribution in [2.75, 3.05) is 0 Å². The molecule has 0 fully saturated rings. The zero-order valence-corrected chi connectivity index (χ0v) is 11.2. The Morgan fingerprint density at radius 1 is 1.00 bits per heavy atom. The van der Waals surface area contributed by atoms with E-state index in [0.717, 1.165) is 4.90 Å². The molecule has 0 heterocycles. The van der Waals surface area contributed by atoms with Gasteiger partial charge in [-0.3, -0.25) is 0 Å². The van der Waals surface area contributed by atoms with Gasteiger partial charge in [0, 0.05) is 4.90 Å². The summed E-state index contributed by atoms with van der Waals surface area (Å²) >= 11 is 0. The number of hydrogen-bond donors (Lipinski definition) is 0. The van der Waals surface area contributed by atoms with Crippen LogP contribution in [-0.2, 0) is 5.41 Å². The van der Waals surface area contributed by atoms with Crippen molar-refractivity contribution < 1.29 is 0 Å². The minimum atomic E-state index is 0.232. The first-order valence-electron chi connectivity index (χ1n) is 4.93. The first-order chi connectivity index (χ1) is 6.54. The van der Waals surface area contributed by atoms with Crippen LogP contribution in [0.4, 0.5) is 0 Å². The molecule has 0 aliphatic heterocycles. The largest absolute Gasteiger partial charge is 0.0683 e. The lowest BCUT2D eigenvalue weighted by Gasteiger charge is -2.18. The van der Waals surface area contributed by atoms with Gasteiger partial charge in [-0.15, -0.1) is 0 Å². The van der Waals surface area contributed by atoms with Crippen LogP contribution in [0.2, 0.25) is 0 Å². The molecule has 2 heteroatoms. The van der Waals surface area contributed by atoms with Gasteiger partial charge >= 0.3 is 0 Å². The highest BCUT2D eigenvalue weighted by molar-refractivity contribution is 8.21. The van der Waals surface area contributed by atoms with Crippen LogP contribution in [0.5, 0.6) is 0 Å². The molecule has 0 saturated carbocycles. The molecule has 0 aliphatic rings. The topological polar surface area (TPSA) is 0 Å². The van der Waals surface area contributed by atoms with E-state index in [0.29, 0.717) is 0 Å². The lowest BCUT2D eigenvalue weighted by atomic mass is 9.87. The van der Waals surface area contributed by atoms with Gasteiger partial charge in [0.2, 0.25) is 0 Å². The van der Waals surface area contributed by atoms with E-state index < -0.39 is 0 Å². The lowest BCUT2D eigenvalue weighted by molar-refractivity contribution is 0.590. The highest BCUT2D eigenvalue weighted by Crippen LogP contribution is 2.26. The molecule has 1 aromatic carbocycles. The van der Waals surface area contributed by atoms with E-state index in [1.165, 1.54) is 16.5 Å². The summed E-state index contributed by atoms with van der Waals surface area (Å²) in [7, 11) is 6.87. The van der Waals surface area contributed by atoms with Gasteiger partial charge in [0.1, 0.15) is 0 Å². The predicted octanol–water partition coefficient (Wildman–Crippen LogP) is 5.26. The van der Waals surface area contributed by atoms with Crippen LogP contribution in [0.1, 0.15) is 40.2 Å². The molecule has 0 amide bonds. The van der Waals surface area contributed by atoms with Gasteiger partial charge in [-0.1, -0.05) is 46.8 Å². The highest BCUT2D eigenvalue weighted by Gasteiger charge is 2.12. The van der Waals surface area contributed by atoms with E-state index in [1.807, 2.05) is 13.8 Å². The van der Waals surface area contributed by atoms with Crippen molar-refractivity contribution in [3.8, 4) is 0 Å². The van der Waals surface area contributed by atoms with Crippen molar-refractivity contribution in [3.63, 3.8) is 0 Å². The molecule has 14 heavy (non-hydrogen) atoms. The third-order valence-electron chi connectivity index (χ3n) is 1.81. The summed E-state index contributed by atoms with van der Waals surface area (Å²) < 4.78 is 0. The maximum atomic E-state index is 5.61. The quantitative estimate of drug-likeness (QED) is 0.635. The van der Waals surface area contributed by atoms with E-state index in [-0.39, 0.29) is 5.41 Å². The maximum Gasteiger partial charge on any atom is 0.0233 e. The van der Waals surface area contributed by atoms with Crippen molar-refractivity contribution >= 4 is 21.7 Å². The van der Waals surface area contributed by atoms with Crippen LogP contribution in [0.15, 0.2) is 29.2 Å². The molecule has 0 aliphatic carbocycles. The van der Waals surface area contributed by atoms with Crippen molar-refractivity contribution in [1.29, 1.82) is 0 Å². The van der Waals surface area contributed by atoms with Gasteiger partial charge in [0.25, 0.3) is 0 Å². The second-order valence-electron chi connectivity index (χ2n) is 3.85. The monoisotopic (exact) mass is 230 g/mol. The Labute approximate surface area is 96.6 Å². The molecule has 0 aromatic heterocycles. The number of rotatable bonds is 1. The molecule has 0 N–H and O–H groups in total. The van der Waals surface area contributed by atoms with Crippen LogP contribution in [0.3, 0.4) is 0 Å². The van der Waals surface area contributed by atoms with Crippen molar-refractivity contribution in [2.24, 2.45) is 0 Å². The van der Waals surface area contributed by atoms with Crippen LogP contribution >= 0.6 is 21.7 Å². The van der Waals surface area contributed by atoms with Crippen molar-refractivity contribution in [1.82, 2.24) is 0 Å². The molecule has 1 rings (SSSR count). The Morgan fingerprint density at radius 2 is 1.43 bits per heavy atom. The minimum absolute atomic E-state index is 0.232. The molecule has 0 atom stereocenters. The third kappa shape index (κ3) is 4.39. The number of halogens is 1. The molecule has 0 bridgehead atoms. The summed E-state index contributed by atoms with van der Waals surface area (Å²) in [6.07, 6.45) is 0. The van der Waals surface area contributed by atoms with E-state index >= 15 is 0 Å². The molecule has 1 aromatic rings. The van der Waals surface area contributed by atoms with Crippen LogP contribution in [0.25, 0.3) is 0 Å². The molecule has 0 radical (unpaired) electrons. The lowest BCUT2D eigenvalue weighted by Crippen LogP contribution is -2.10. The smallest absolute Gasteiger partial charge is 0.0233 e. The molecule has 80 valence electrons. The van der Waals surface area contributed by atoms with Crippen LogP contribution in [0, 0.1) is 0 Å². The van der Waals surface area contributed by atoms with E-state index in [4.69, 9.17) is 10.7 Å². The summed E-state index contributed by atoms with van der Waals surface area (Å²) in [6.45, 7) is 10.6. The maximum absolute atomic E-state index is 5.61. The average molecular weight is 231 g/mol. The summed E-state index contributed by atoms with van der Waals surface area (Å²) in [5, 5.41) is 0. The Balaban J connectivity index is 0.000000791. The fraction of sp³-hybridized carbons (Fsp3) is 0.500. The Kier molecular flexibility index (Phi) is 6.30. The number of hydrogen-bond acceptors (Lipinski definition) is 1. The fourth-order valence-electron chi connectivity index (χ4n) is 1.01. The first-order valence-corrected chi connectivity index (χ1v) is 6.57. The van der Waals surface area contributed by atoms with Gasteiger partial charge in [0.05, 0.1) is 0 Å². The van der Waals surface area contributed by atoms with E-state index in [1.54, 1.807) is 0 Å². The second-order valence-corrected chi connectivity index (χ2v) is 4.94. The van der Waals surface area contributed by atoms with Gasteiger partial charge in [0.15, 0.2) is 0 Å². The molecule has 0 unspecified atom stereocenters. The Morgan fingerprint density at radius 3 is 1.71 bits per heavy atom. The highest BCUT2D eigenvalue weighted by atomic mass is 35.7. The van der Waals surface area contributed by atoms with Gasteiger partial charge in [-0.2, -0.15) is 0 Å². The van der Waals surface area contributed by atoms with Crippen LogP contribution in [-0.4, -0.2) is 0 Å². The van der Waals surface area contributed by atoms with E-state index in [9.17, 15) is 0 Å². The SMILES string of the molecule is CC.CC(C)(C)c1ccc(SCl)cc1. The Bertz CT molecular complexity index is 246. The van der Waals surface area contributed by atoms with Gasteiger partial charge < -0.3 is 0 Å². The van der Waals surface area contributed by atoms with Gasteiger partial charge in [-0.05, 0) is 44.8 Å². The minimum Gasteiger partial charge on any atom is -0.0683 e. The zero-order chi connectivity index (χ0) is 11.2. The average Bonchev–Trinajstić information content (AvgIpc) is 2.20. The molecule has 0 nitrogen and oxygen atoms in total. The molecular formula is C12H19ClS. The third-order valence-corrected chi connectivity index (χ3v) is 2.79. The molecule has 0 saturated heterocycles. The number of benzene rings is 1. The molecular weight excluding hydrogens is 212 g/mol. The zero-order valence-electron chi connectivity index (χ0n) is 9.60. The van der Waals surface area contributed by atoms with Crippen LogP contribution < -0.4 is 0 Å². The summed E-state index contributed by atoms with van der Waals surface area (Å²) in [5.41, 5.74) is 1.58. The second kappa shape index (κ2) is 6.36. The normalized spacial score (nSPS) is 10.4. The standard InChI is InChI=1S/C10H13ClS.C2H6/c1-10(2,3)8-4-6-9(12-11)7-5-8;1-2/h4-7H,1-3H3;1-2H3. The fourth-order valence-corrected chi connectivity index (χ4v) is 1.55. The molecule has 0 spiro atoms.